The number of nitrogens with zero attached hydrogens (tertiary/aromatic N) is 2. The van der Waals surface area contributed by atoms with Gasteiger partial charge in [0.25, 0.3) is 11.6 Å². The molecule has 2 atom stereocenters. The lowest BCUT2D eigenvalue weighted by atomic mass is 9.78. The molecule has 2 fully saturated rings. The number of methoxy groups -OCH3 is 1. The van der Waals surface area contributed by atoms with Crippen LogP contribution in [0.15, 0.2) is 18.2 Å². The number of hydrogen-bond donors (Lipinski definition) is 1. The van der Waals surface area contributed by atoms with Gasteiger partial charge in [0.15, 0.2) is 6.61 Å². The molecule has 9 heteroatoms. The molecule has 1 amide bonds. The third-order valence-electron chi connectivity index (χ3n) is 5.94. The molecule has 0 aromatic heterocycles. The van der Waals surface area contributed by atoms with E-state index < -0.39 is 10.9 Å². The molecule has 2 aliphatic rings. The van der Waals surface area contributed by atoms with Gasteiger partial charge in [-0.3, -0.25) is 14.9 Å². The van der Waals surface area contributed by atoms with Gasteiger partial charge in [0, 0.05) is 32.3 Å². The van der Waals surface area contributed by atoms with Crippen molar-refractivity contribution in [3.63, 3.8) is 0 Å². The van der Waals surface area contributed by atoms with E-state index in [1.165, 1.54) is 31.7 Å². The molecule has 1 saturated carbocycles. The molecule has 1 aromatic rings. The topological polar surface area (TPSA) is 111 Å². The maximum absolute atomic E-state index is 12.7. The van der Waals surface area contributed by atoms with Crippen LogP contribution in [0.3, 0.4) is 0 Å². The molecule has 1 aliphatic carbocycles. The number of likely N-dealkylation sites (tertiary alicyclic amines) is 1. The lowest BCUT2D eigenvalue weighted by Crippen LogP contribution is -2.50. The summed E-state index contributed by atoms with van der Waals surface area (Å²) in [6.45, 7) is 1.14. The van der Waals surface area contributed by atoms with Crippen molar-refractivity contribution >= 4 is 23.3 Å². The monoisotopic (exact) mass is 419 g/mol. The third-order valence-corrected chi connectivity index (χ3v) is 5.94. The second kappa shape index (κ2) is 10.4. The predicted molar refractivity (Wildman–Crippen MR) is 110 cm³/mol. The summed E-state index contributed by atoms with van der Waals surface area (Å²) in [5.74, 6) is -0.382. The first-order chi connectivity index (χ1) is 14.5. The van der Waals surface area contributed by atoms with Gasteiger partial charge in [0.05, 0.1) is 17.1 Å². The zero-order chi connectivity index (χ0) is 21.5. The van der Waals surface area contributed by atoms with Crippen LogP contribution in [0.1, 0.15) is 48.9 Å². The number of ether oxygens (including phenoxy) is 2. The number of nitro groups is 1. The number of hydrogen-bond acceptors (Lipinski definition) is 7. The molecule has 9 nitrogen and oxygen atoms in total. The quantitative estimate of drug-likeness (QED) is 0.298. The van der Waals surface area contributed by atoms with Crippen molar-refractivity contribution in [3.8, 4) is 0 Å². The molecule has 0 unspecified atom stereocenters. The molecule has 164 valence electrons. The Labute approximate surface area is 175 Å². The third kappa shape index (κ3) is 5.27. The number of nitrogens with one attached hydrogen (secondary N) is 1. The zero-order valence-corrected chi connectivity index (χ0v) is 17.3. The van der Waals surface area contributed by atoms with E-state index in [2.05, 4.69) is 5.32 Å². The molecule has 3 rings (SSSR count). The number of rotatable bonds is 8. The van der Waals surface area contributed by atoms with Crippen LogP contribution in [-0.2, 0) is 14.3 Å². The number of nitro benzene ring substituents is 1. The van der Waals surface area contributed by atoms with E-state index >= 15 is 0 Å². The van der Waals surface area contributed by atoms with Crippen LogP contribution < -0.4 is 5.32 Å². The number of esters is 1. The molecule has 1 aliphatic heterocycles. The van der Waals surface area contributed by atoms with Gasteiger partial charge in [-0.15, -0.1) is 0 Å². The Morgan fingerprint density at radius 2 is 2.00 bits per heavy atom. The first-order valence-electron chi connectivity index (χ1n) is 10.5. The summed E-state index contributed by atoms with van der Waals surface area (Å²) in [4.78, 5) is 37.8. The van der Waals surface area contributed by atoms with Crippen molar-refractivity contribution in [2.24, 2.45) is 5.92 Å². The van der Waals surface area contributed by atoms with Gasteiger partial charge in [0.2, 0.25) is 0 Å². The minimum atomic E-state index is -0.743. The maximum Gasteiger partial charge on any atom is 0.338 e. The zero-order valence-electron chi connectivity index (χ0n) is 17.3. The van der Waals surface area contributed by atoms with E-state index in [0.717, 1.165) is 32.1 Å². The van der Waals surface area contributed by atoms with Crippen molar-refractivity contribution in [2.75, 3.05) is 38.7 Å². The Bertz CT molecular complexity index is 782. The highest BCUT2D eigenvalue weighted by molar-refractivity contribution is 5.93. The summed E-state index contributed by atoms with van der Waals surface area (Å²) in [6, 6.07) is 4.33. The fourth-order valence-electron chi connectivity index (χ4n) is 4.47. The van der Waals surface area contributed by atoms with Crippen LogP contribution in [0.4, 0.5) is 11.4 Å². The molecular weight excluding hydrogens is 390 g/mol. The van der Waals surface area contributed by atoms with Gasteiger partial charge in [-0.1, -0.05) is 12.8 Å². The van der Waals surface area contributed by atoms with Crippen molar-refractivity contribution in [2.45, 2.75) is 44.6 Å². The van der Waals surface area contributed by atoms with Crippen molar-refractivity contribution < 1.29 is 24.0 Å². The number of benzene rings is 1. The number of carbonyl (C=O) groups is 2. The van der Waals surface area contributed by atoms with Gasteiger partial charge in [-0.25, -0.2) is 4.79 Å². The predicted octanol–water partition coefficient (Wildman–Crippen LogP) is 2.99. The molecule has 0 bridgehead atoms. The molecule has 1 heterocycles. The summed E-state index contributed by atoms with van der Waals surface area (Å²) >= 11 is 0. The largest absolute Gasteiger partial charge is 0.452 e. The van der Waals surface area contributed by atoms with Crippen molar-refractivity contribution in [1.82, 2.24) is 4.90 Å². The van der Waals surface area contributed by atoms with E-state index in [1.807, 2.05) is 4.90 Å². The van der Waals surface area contributed by atoms with Gasteiger partial charge in [-0.2, -0.15) is 0 Å². The summed E-state index contributed by atoms with van der Waals surface area (Å²) < 4.78 is 10.1. The summed E-state index contributed by atoms with van der Waals surface area (Å²) in [5, 5.41) is 14.3. The second-order valence-corrected chi connectivity index (χ2v) is 7.83. The van der Waals surface area contributed by atoms with E-state index in [9.17, 15) is 19.7 Å². The minimum absolute atomic E-state index is 0.0426. The molecule has 1 aromatic carbocycles. The van der Waals surface area contributed by atoms with E-state index in [0.29, 0.717) is 31.3 Å². The Balaban J connectivity index is 1.60. The fourth-order valence-corrected chi connectivity index (χ4v) is 4.47. The lowest BCUT2D eigenvalue weighted by molar-refractivity contribution is -0.384. The normalized spacial score (nSPS) is 20.9. The Morgan fingerprint density at radius 1 is 1.23 bits per heavy atom. The number of fused-ring (bicyclic) bond motifs is 1. The summed E-state index contributed by atoms with van der Waals surface area (Å²) in [5.41, 5.74) is 0.107. The molecule has 0 spiro atoms. The van der Waals surface area contributed by atoms with Crippen LogP contribution in [0.5, 0.6) is 0 Å². The van der Waals surface area contributed by atoms with E-state index in [-0.39, 0.29) is 29.8 Å². The Hall–Kier alpha value is -2.68. The highest BCUT2D eigenvalue weighted by atomic mass is 16.6. The minimum Gasteiger partial charge on any atom is -0.452 e. The fraction of sp³-hybridized carbons (Fsp3) is 0.619. The van der Waals surface area contributed by atoms with Crippen LogP contribution in [0.25, 0.3) is 0 Å². The lowest BCUT2D eigenvalue weighted by Gasteiger charge is -2.44. The SMILES string of the molecule is COCCNc1ccc(C(=O)OCC(=O)N2CCC[C@H]3CCCC[C@@H]32)cc1[N+](=O)[O-]. The van der Waals surface area contributed by atoms with E-state index in [1.54, 1.807) is 0 Å². The van der Waals surface area contributed by atoms with Crippen LogP contribution in [-0.4, -0.2) is 61.2 Å². The standard InChI is InChI=1S/C21H29N3O6/c1-29-12-10-22-17-9-8-16(13-19(17)24(27)28)21(26)30-14-20(25)23-11-4-6-15-5-2-3-7-18(15)23/h8-9,13,15,18,22H,2-7,10-12,14H2,1H3/t15-,18+/m1/s1. The molecular formula is C21H29N3O6. The highest BCUT2D eigenvalue weighted by Crippen LogP contribution is 2.35. The Morgan fingerprint density at radius 3 is 2.77 bits per heavy atom. The number of anilines is 1. The average Bonchev–Trinajstić information content (AvgIpc) is 2.77. The average molecular weight is 419 g/mol. The van der Waals surface area contributed by atoms with Crippen LogP contribution in [0, 0.1) is 16.0 Å². The van der Waals surface area contributed by atoms with Gasteiger partial charge < -0.3 is 19.7 Å². The first kappa shape index (κ1) is 22.0. The molecule has 1 saturated heterocycles. The highest BCUT2D eigenvalue weighted by Gasteiger charge is 2.35. The number of piperidine rings is 1. The molecule has 30 heavy (non-hydrogen) atoms. The molecule has 0 radical (unpaired) electrons. The van der Waals surface area contributed by atoms with Crippen molar-refractivity contribution in [1.29, 1.82) is 0 Å². The maximum atomic E-state index is 12.7. The summed E-state index contributed by atoms with van der Waals surface area (Å²) in [6.07, 6.45) is 6.64. The van der Waals surface area contributed by atoms with Crippen molar-refractivity contribution in [3.05, 3.63) is 33.9 Å². The second-order valence-electron chi connectivity index (χ2n) is 7.83. The van der Waals surface area contributed by atoms with Gasteiger partial charge in [-0.05, 0) is 43.7 Å². The van der Waals surface area contributed by atoms with E-state index in [4.69, 9.17) is 9.47 Å². The van der Waals surface area contributed by atoms with Gasteiger partial charge in [0.1, 0.15) is 5.69 Å². The van der Waals surface area contributed by atoms with Crippen LogP contribution >= 0.6 is 0 Å². The first-order valence-corrected chi connectivity index (χ1v) is 10.5. The van der Waals surface area contributed by atoms with Crippen LogP contribution in [0.2, 0.25) is 0 Å². The smallest absolute Gasteiger partial charge is 0.338 e. The number of carbonyl (C=O) groups excluding carboxylic acids is 2. The van der Waals surface area contributed by atoms with Gasteiger partial charge >= 0.3 is 5.97 Å². The number of amides is 1. The summed E-state index contributed by atoms with van der Waals surface area (Å²) in [7, 11) is 1.54. The molecule has 1 N–H and O–H groups in total. The Kier molecular flexibility index (Phi) is 7.62.